The van der Waals surface area contributed by atoms with Crippen LogP contribution in [0.25, 0.3) is 0 Å². The second-order valence-electron chi connectivity index (χ2n) is 5.33. The number of anilines is 2. The van der Waals surface area contributed by atoms with Gasteiger partial charge in [-0.15, -0.1) is 0 Å². The predicted molar refractivity (Wildman–Crippen MR) is 82.2 cm³/mol. The molecule has 0 radical (unpaired) electrons. The number of aryl methyl sites for hydroxylation is 2. The molecule has 0 aliphatic carbocycles. The maximum absolute atomic E-state index is 12.8. The summed E-state index contributed by atoms with van der Waals surface area (Å²) in [7, 11) is 0. The third kappa shape index (κ3) is 1.86. The van der Waals surface area contributed by atoms with E-state index in [0.29, 0.717) is 17.8 Å². The second-order valence-corrected chi connectivity index (χ2v) is 5.33. The predicted octanol–water partition coefficient (Wildman–Crippen LogP) is 3.09. The summed E-state index contributed by atoms with van der Waals surface area (Å²) in [6.07, 6.45) is 0.847. The lowest BCUT2D eigenvalue weighted by molar-refractivity contribution is 0.0981. The Morgan fingerprint density at radius 1 is 1.05 bits per heavy atom. The first-order valence-electron chi connectivity index (χ1n) is 6.85. The van der Waals surface area contributed by atoms with E-state index in [1.54, 1.807) is 6.07 Å². The zero-order valence-electron chi connectivity index (χ0n) is 11.8. The van der Waals surface area contributed by atoms with Gasteiger partial charge in [0.25, 0.3) is 5.91 Å². The SMILES string of the molecule is Cc1cccc(C)c1N1CCc2cccc(N)c2C1=O. The highest BCUT2D eigenvalue weighted by Gasteiger charge is 2.28. The number of hydrogen-bond acceptors (Lipinski definition) is 2. The highest BCUT2D eigenvalue weighted by atomic mass is 16.2. The number of rotatable bonds is 1. The Hall–Kier alpha value is -2.29. The minimum atomic E-state index is 0.0155. The van der Waals surface area contributed by atoms with Crippen molar-refractivity contribution < 1.29 is 4.79 Å². The van der Waals surface area contributed by atoms with Crippen LogP contribution in [0.5, 0.6) is 0 Å². The molecule has 1 amide bonds. The van der Waals surface area contributed by atoms with Crippen LogP contribution in [0.3, 0.4) is 0 Å². The van der Waals surface area contributed by atoms with Gasteiger partial charge in [-0.3, -0.25) is 4.79 Å². The van der Waals surface area contributed by atoms with Crippen LogP contribution in [0.15, 0.2) is 36.4 Å². The summed E-state index contributed by atoms with van der Waals surface area (Å²) in [5, 5.41) is 0. The maximum Gasteiger partial charge on any atom is 0.260 e. The van der Waals surface area contributed by atoms with Gasteiger partial charge in [0.2, 0.25) is 0 Å². The van der Waals surface area contributed by atoms with Gasteiger partial charge in [0.15, 0.2) is 0 Å². The molecule has 1 heterocycles. The Balaban J connectivity index is 2.11. The molecular formula is C17H18N2O. The van der Waals surface area contributed by atoms with Crippen molar-refractivity contribution in [2.45, 2.75) is 20.3 Å². The molecule has 0 saturated carbocycles. The summed E-state index contributed by atoms with van der Waals surface area (Å²) in [4.78, 5) is 14.7. The van der Waals surface area contributed by atoms with Crippen LogP contribution in [-0.4, -0.2) is 12.5 Å². The van der Waals surface area contributed by atoms with Crippen molar-refractivity contribution in [1.29, 1.82) is 0 Å². The molecule has 0 atom stereocenters. The first kappa shape index (κ1) is 12.7. The summed E-state index contributed by atoms with van der Waals surface area (Å²) in [6.45, 7) is 4.79. The third-order valence-electron chi connectivity index (χ3n) is 3.96. The van der Waals surface area contributed by atoms with E-state index in [1.165, 1.54) is 0 Å². The highest BCUT2D eigenvalue weighted by Crippen LogP contribution is 2.31. The van der Waals surface area contributed by atoms with Crippen LogP contribution in [0, 0.1) is 13.8 Å². The minimum Gasteiger partial charge on any atom is -0.398 e. The molecule has 3 heteroatoms. The molecule has 2 aromatic rings. The molecule has 0 bridgehead atoms. The number of nitrogens with zero attached hydrogens (tertiary/aromatic N) is 1. The van der Waals surface area contributed by atoms with E-state index in [4.69, 9.17) is 5.73 Å². The van der Waals surface area contributed by atoms with Crippen molar-refractivity contribution in [3.05, 3.63) is 58.7 Å². The molecule has 3 nitrogen and oxygen atoms in total. The summed E-state index contributed by atoms with van der Waals surface area (Å²) in [6, 6.07) is 11.8. The Morgan fingerprint density at radius 3 is 2.40 bits per heavy atom. The maximum atomic E-state index is 12.8. The van der Waals surface area contributed by atoms with Crippen LogP contribution < -0.4 is 10.6 Å². The number of fused-ring (bicyclic) bond motifs is 1. The Bertz CT molecular complexity index is 671. The van der Waals surface area contributed by atoms with Crippen molar-refractivity contribution >= 4 is 17.3 Å². The first-order chi connectivity index (χ1) is 9.59. The molecule has 2 N–H and O–H groups in total. The third-order valence-corrected chi connectivity index (χ3v) is 3.96. The van der Waals surface area contributed by atoms with Crippen LogP contribution in [0.4, 0.5) is 11.4 Å². The number of nitrogen functional groups attached to an aromatic ring is 1. The van der Waals surface area contributed by atoms with E-state index >= 15 is 0 Å². The van der Waals surface area contributed by atoms with Crippen molar-refractivity contribution in [3.63, 3.8) is 0 Å². The zero-order valence-corrected chi connectivity index (χ0v) is 11.8. The summed E-state index contributed by atoms with van der Waals surface area (Å²) >= 11 is 0. The van der Waals surface area contributed by atoms with E-state index < -0.39 is 0 Å². The highest BCUT2D eigenvalue weighted by molar-refractivity contribution is 6.12. The van der Waals surface area contributed by atoms with E-state index in [2.05, 4.69) is 0 Å². The van der Waals surface area contributed by atoms with Gasteiger partial charge >= 0.3 is 0 Å². The lowest BCUT2D eigenvalue weighted by Gasteiger charge is -2.31. The molecule has 1 aliphatic heterocycles. The molecule has 102 valence electrons. The topological polar surface area (TPSA) is 46.3 Å². The largest absolute Gasteiger partial charge is 0.398 e. The number of nitrogens with two attached hydrogens (primary N) is 1. The number of carbonyl (C=O) groups is 1. The summed E-state index contributed by atoms with van der Waals surface area (Å²) in [5.41, 5.74) is 11.6. The van der Waals surface area contributed by atoms with Gasteiger partial charge in [-0.1, -0.05) is 30.3 Å². The monoisotopic (exact) mass is 266 g/mol. The van der Waals surface area contributed by atoms with E-state index in [-0.39, 0.29) is 5.91 Å². The fourth-order valence-electron chi connectivity index (χ4n) is 3.00. The van der Waals surface area contributed by atoms with Gasteiger partial charge in [0.05, 0.1) is 5.56 Å². The molecule has 0 aromatic heterocycles. The van der Waals surface area contributed by atoms with Gasteiger partial charge < -0.3 is 10.6 Å². The van der Waals surface area contributed by atoms with Crippen molar-refractivity contribution in [2.75, 3.05) is 17.2 Å². The van der Waals surface area contributed by atoms with Gasteiger partial charge in [0, 0.05) is 17.9 Å². The van der Waals surface area contributed by atoms with Crippen molar-refractivity contribution in [3.8, 4) is 0 Å². The molecule has 3 rings (SSSR count). The van der Waals surface area contributed by atoms with Crippen molar-refractivity contribution in [1.82, 2.24) is 0 Å². The molecule has 0 spiro atoms. The normalized spacial score (nSPS) is 14.3. The van der Waals surface area contributed by atoms with E-state index in [0.717, 1.165) is 28.8 Å². The Labute approximate surface area is 119 Å². The Kier molecular flexibility index (Phi) is 2.97. The van der Waals surface area contributed by atoms with Crippen molar-refractivity contribution in [2.24, 2.45) is 0 Å². The fourth-order valence-corrected chi connectivity index (χ4v) is 3.00. The number of para-hydroxylation sites is 1. The van der Waals surface area contributed by atoms with Gasteiger partial charge in [-0.05, 0) is 43.0 Å². The number of benzene rings is 2. The molecule has 0 saturated heterocycles. The zero-order chi connectivity index (χ0) is 14.3. The first-order valence-corrected chi connectivity index (χ1v) is 6.85. The number of carbonyl (C=O) groups excluding carboxylic acids is 1. The minimum absolute atomic E-state index is 0.0155. The smallest absolute Gasteiger partial charge is 0.260 e. The van der Waals surface area contributed by atoms with Crippen LogP contribution in [0.2, 0.25) is 0 Å². The van der Waals surface area contributed by atoms with Crippen LogP contribution >= 0.6 is 0 Å². The Morgan fingerprint density at radius 2 is 1.70 bits per heavy atom. The lowest BCUT2D eigenvalue weighted by Crippen LogP contribution is -2.39. The average Bonchev–Trinajstić information content (AvgIpc) is 2.41. The molecule has 0 fully saturated rings. The summed E-state index contributed by atoms with van der Waals surface area (Å²) < 4.78 is 0. The molecule has 1 aliphatic rings. The van der Waals surface area contributed by atoms with Gasteiger partial charge in [-0.25, -0.2) is 0 Å². The van der Waals surface area contributed by atoms with Crippen LogP contribution in [-0.2, 0) is 6.42 Å². The second kappa shape index (κ2) is 4.67. The van der Waals surface area contributed by atoms with E-state index in [1.807, 2.05) is 49.1 Å². The summed E-state index contributed by atoms with van der Waals surface area (Å²) in [5.74, 6) is 0.0155. The standard InChI is InChI=1S/C17H18N2O/c1-11-5-3-6-12(2)16(11)19-10-9-13-7-4-8-14(18)15(13)17(19)20/h3-8H,9-10,18H2,1-2H3. The quantitative estimate of drug-likeness (QED) is 0.806. The number of amides is 1. The van der Waals surface area contributed by atoms with Gasteiger partial charge in [0.1, 0.15) is 0 Å². The van der Waals surface area contributed by atoms with Gasteiger partial charge in [-0.2, -0.15) is 0 Å². The molecule has 0 unspecified atom stereocenters. The fraction of sp³-hybridized carbons (Fsp3) is 0.235. The number of hydrogen-bond donors (Lipinski definition) is 1. The average molecular weight is 266 g/mol. The van der Waals surface area contributed by atoms with E-state index in [9.17, 15) is 4.79 Å². The molecule has 20 heavy (non-hydrogen) atoms. The lowest BCUT2D eigenvalue weighted by atomic mass is 9.95. The molecular weight excluding hydrogens is 248 g/mol. The molecule has 2 aromatic carbocycles. The van der Waals surface area contributed by atoms with Crippen LogP contribution in [0.1, 0.15) is 27.0 Å².